The number of ether oxygens (including phenoxy) is 2. The van der Waals surface area contributed by atoms with Crippen LogP contribution in [-0.4, -0.2) is 53.5 Å². The Morgan fingerprint density at radius 1 is 1.10 bits per heavy atom. The van der Waals surface area contributed by atoms with Crippen molar-refractivity contribution in [1.82, 2.24) is 9.80 Å². The van der Waals surface area contributed by atoms with Gasteiger partial charge in [0.2, 0.25) is 5.91 Å². The molecule has 0 saturated carbocycles. The monoisotopic (exact) mass is 427 g/mol. The third-order valence-corrected chi connectivity index (χ3v) is 5.37. The summed E-state index contributed by atoms with van der Waals surface area (Å²) in [4.78, 5) is 28.5. The molecule has 1 heterocycles. The summed E-state index contributed by atoms with van der Waals surface area (Å²) in [7, 11) is 3.24. The number of benzene rings is 2. The third kappa shape index (κ3) is 4.88. The van der Waals surface area contributed by atoms with E-state index < -0.39 is 6.04 Å². The lowest BCUT2D eigenvalue weighted by Gasteiger charge is -2.23. The Balaban J connectivity index is 1.68. The summed E-state index contributed by atoms with van der Waals surface area (Å²) in [5.74, 6) is 1.05. The molecular weight excluding hydrogens is 402 g/mol. The number of likely N-dealkylation sites (N-methyl/N-ethyl adjacent to an activating group) is 1. The van der Waals surface area contributed by atoms with Gasteiger partial charge in [-0.25, -0.2) is 0 Å². The number of rotatable bonds is 8. The molecule has 0 aliphatic carbocycles. The number of nitrogens with one attached hydrogen (secondary N) is 1. The molecule has 0 radical (unpaired) electrons. The molecule has 0 spiro atoms. The molecule has 30 heavy (non-hydrogen) atoms. The zero-order valence-corrected chi connectivity index (χ0v) is 18.1. The van der Waals surface area contributed by atoms with Crippen molar-refractivity contribution in [3.05, 3.63) is 54.1 Å². The van der Waals surface area contributed by atoms with Crippen molar-refractivity contribution in [1.29, 1.82) is 0 Å². The van der Waals surface area contributed by atoms with Crippen LogP contribution in [0.1, 0.15) is 18.9 Å². The van der Waals surface area contributed by atoms with Crippen LogP contribution in [0.5, 0.6) is 11.5 Å². The number of nitrogens with zero attached hydrogens (tertiary/aromatic N) is 2. The maximum Gasteiger partial charge on any atom is 0.251 e. The zero-order valence-electron chi connectivity index (χ0n) is 17.3. The van der Waals surface area contributed by atoms with Gasteiger partial charge in [-0.15, -0.1) is 0 Å². The van der Waals surface area contributed by atoms with E-state index in [-0.39, 0.29) is 18.2 Å². The number of amides is 2. The predicted octanol–water partition coefficient (Wildman–Crippen LogP) is 3.05. The number of carbonyl (C=O) groups is 2. The van der Waals surface area contributed by atoms with Crippen LogP contribution in [0.4, 0.5) is 5.69 Å². The molecule has 2 aromatic rings. The number of carbonyl (C=O) groups excluding carboxylic acids is 2. The van der Waals surface area contributed by atoms with Crippen molar-refractivity contribution in [2.45, 2.75) is 25.9 Å². The highest BCUT2D eigenvalue weighted by molar-refractivity contribution is 7.80. The molecule has 158 valence electrons. The normalized spacial score (nSPS) is 16.0. The maximum absolute atomic E-state index is 12.7. The van der Waals surface area contributed by atoms with Crippen molar-refractivity contribution >= 4 is 34.8 Å². The van der Waals surface area contributed by atoms with E-state index in [1.165, 1.54) is 4.90 Å². The van der Waals surface area contributed by atoms with Crippen LogP contribution < -0.4 is 14.8 Å². The number of thiocarbonyl (C=S) groups is 1. The lowest BCUT2D eigenvalue weighted by Crippen LogP contribution is -2.37. The summed E-state index contributed by atoms with van der Waals surface area (Å²) in [6, 6.07) is 14.0. The van der Waals surface area contributed by atoms with E-state index in [2.05, 4.69) is 5.32 Å². The topological polar surface area (TPSA) is 71.1 Å². The summed E-state index contributed by atoms with van der Waals surface area (Å²) >= 11 is 5.45. The molecule has 1 atom stereocenters. The second-order valence-corrected chi connectivity index (χ2v) is 7.25. The van der Waals surface area contributed by atoms with E-state index in [1.807, 2.05) is 31.2 Å². The first-order valence-electron chi connectivity index (χ1n) is 9.66. The van der Waals surface area contributed by atoms with Crippen LogP contribution in [-0.2, 0) is 16.1 Å². The lowest BCUT2D eigenvalue weighted by molar-refractivity contribution is -0.130. The third-order valence-electron chi connectivity index (χ3n) is 4.86. The van der Waals surface area contributed by atoms with Gasteiger partial charge in [-0.05, 0) is 61.1 Å². The highest BCUT2D eigenvalue weighted by Gasteiger charge is 2.41. The van der Waals surface area contributed by atoms with E-state index in [4.69, 9.17) is 21.7 Å². The van der Waals surface area contributed by atoms with Gasteiger partial charge in [0.1, 0.15) is 17.5 Å². The molecule has 7 nitrogen and oxygen atoms in total. The number of anilines is 1. The van der Waals surface area contributed by atoms with Crippen molar-refractivity contribution in [2.75, 3.05) is 26.1 Å². The quantitative estimate of drug-likeness (QED) is 0.653. The van der Waals surface area contributed by atoms with Gasteiger partial charge in [-0.2, -0.15) is 0 Å². The average molecular weight is 428 g/mol. The minimum absolute atomic E-state index is 0.00663. The first-order valence-corrected chi connectivity index (χ1v) is 10.1. The smallest absolute Gasteiger partial charge is 0.251 e. The van der Waals surface area contributed by atoms with Gasteiger partial charge in [0.05, 0.1) is 20.1 Å². The van der Waals surface area contributed by atoms with Gasteiger partial charge >= 0.3 is 0 Å². The first-order chi connectivity index (χ1) is 14.4. The van der Waals surface area contributed by atoms with Crippen molar-refractivity contribution in [2.24, 2.45) is 0 Å². The summed E-state index contributed by atoms with van der Waals surface area (Å²) in [5.41, 5.74) is 1.62. The van der Waals surface area contributed by atoms with Crippen molar-refractivity contribution < 1.29 is 19.1 Å². The van der Waals surface area contributed by atoms with Crippen LogP contribution in [0.2, 0.25) is 0 Å². The molecule has 0 aromatic heterocycles. The van der Waals surface area contributed by atoms with E-state index >= 15 is 0 Å². The van der Waals surface area contributed by atoms with Crippen LogP contribution in [0, 0.1) is 0 Å². The molecule has 2 aromatic carbocycles. The summed E-state index contributed by atoms with van der Waals surface area (Å²) in [6.45, 7) is 2.92. The molecule has 3 rings (SSSR count). The number of methoxy groups -OCH3 is 1. The van der Waals surface area contributed by atoms with Gasteiger partial charge < -0.3 is 19.7 Å². The largest absolute Gasteiger partial charge is 0.497 e. The standard InChI is InChI=1S/C22H25N3O4S/c1-4-29-18-11-7-16(8-12-18)23-20(26)13-19-21(27)24(2)22(30)25(19)14-15-5-9-17(28-3)10-6-15/h5-12,19H,4,13-14H2,1-3H3,(H,23,26). The second-order valence-electron chi connectivity index (χ2n) is 6.88. The van der Waals surface area contributed by atoms with E-state index in [9.17, 15) is 9.59 Å². The molecule has 1 aliphatic rings. The van der Waals surface area contributed by atoms with Gasteiger partial charge in [0.15, 0.2) is 5.11 Å². The van der Waals surface area contributed by atoms with Crippen molar-refractivity contribution in [3.63, 3.8) is 0 Å². The second kappa shape index (κ2) is 9.58. The fraction of sp³-hybridized carbons (Fsp3) is 0.318. The molecule has 2 amide bonds. The zero-order chi connectivity index (χ0) is 21.7. The Labute approximate surface area is 181 Å². The van der Waals surface area contributed by atoms with E-state index in [0.29, 0.717) is 24.0 Å². The Bertz CT molecular complexity index is 915. The SMILES string of the molecule is CCOc1ccc(NC(=O)CC2C(=O)N(C)C(=S)N2Cc2ccc(OC)cc2)cc1. The van der Waals surface area contributed by atoms with E-state index in [1.54, 1.807) is 43.3 Å². The lowest BCUT2D eigenvalue weighted by atomic mass is 10.1. The van der Waals surface area contributed by atoms with Gasteiger partial charge in [0, 0.05) is 19.3 Å². The van der Waals surface area contributed by atoms with Crippen molar-refractivity contribution in [3.8, 4) is 11.5 Å². The molecule has 1 aliphatic heterocycles. The predicted molar refractivity (Wildman–Crippen MR) is 119 cm³/mol. The van der Waals surface area contributed by atoms with Gasteiger partial charge in [0.25, 0.3) is 5.91 Å². The Morgan fingerprint density at radius 2 is 1.73 bits per heavy atom. The Morgan fingerprint density at radius 3 is 2.33 bits per heavy atom. The summed E-state index contributed by atoms with van der Waals surface area (Å²) in [6.07, 6.45) is 0.00663. The minimum Gasteiger partial charge on any atom is -0.497 e. The molecule has 1 unspecified atom stereocenters. The van der Waals surface area contributed by atoms with Gasteiger partial charge in [-0.1, -0.05) is 12.1 Å². The molecule has 8 heteroatoms. The highest BCUT2D eigenvalue weighted by Crippen LogP contribution is 2.24. The average Bonchev–Trinajstić information content (AvgIpc) is 2.94. The first kappa shape index (κ1) is 21.6. The van der Waals surface area contributed by atoms with Crippen LogP contribution in [0.15, 0.2) is 48.5 Å². The number of hydrogen-bond acceptors (Lipinski definition) is 5. The summed E-state index contributed by atoms with van der Waals surface area (Å²) in [5, 5.41) is 3.25. The molecule has 0 bridgehead atoms. The number of hydrogen-bond donors (Lipinski definition) is 1. The summed E-state index contributed by atoms with van der Waals surface area (Å²) < 4.78 is 10.6. The Hall–Kier alpha value is -3.13. The fourth-order valence-electron chi connectivity index (χ4n) is 3.27. The van der Waals surface area contributed by atoms with Gasteiger partial charge in [-0.3, -0.25) is 14.5 Å². The highest BCUT2D eigenvalue weighted by atomic mass is 32.1. The Kier molecular flexibility index (Phi) is 6.89. The van der Waals surface area contributed by atoms with E-state index in [0.717, 1.165) is 17.1 Å². The molecule has 1 fully saturated rings. The minimum atomic E-state index is -0.646. The van der Waals surface area contributed by atoms with Crippen LogP contribution in [0.25, 0.3) is 0 Å². The van der Waals surface area contributed by atoms with Crippen LogP contribution in [0.3, 0.4) is 0 Å². The van der Waals surface area contributed by atoms with Crippen LogP contribution >= 0.6 is 12.2 Å². The maximum atomic E-state index is 12.7. The molecular formula is C22H25N3O4S. The molecule has 1 N–H and O–H groups in total. The molecule has 1 saturated heterocycles. The fourth-order valence-corrected chi connectivity index (χ4v) is 3.55.